The molecule has 0 saturated carbocycles. The molecule has 1 aromatic carbocycles. The maximum absolute atomic E-state index is 13.7. The highest BCUT2D eigenvalue weighted by atomic mass is 16.2. The van der Waals surface area contributed by atoms with Crippen molar-refractivity contribution in [2.45, 2.75) is 64.2 Å². The van der Waals surface area contributed by atoms with Gasteiger partial charge in [-0.1, -0.05) is 24.3 Å². The lowest BCUT2D eigenvalue weighted by Crippen LogP contribution is -2.45. The zero-order valence-electron chi connectivity index (χ0n) is 21.8. The Morgan fingerprint density at radius 1 is 1.00 bits per heavy atom. The molecule has 37 heavy (non-hydrogen) atoms. The van der Waals surface area contributed by atoms with Crippen molar-refractivity contribution >= 4 is 17.5 Å². The fourth-order valence-electron chi connectivity index (χ4n) is 5.87. The molecule has 0 N–H and O–H groups in total. The van der Waals surface area contributed by atoms with E-state index < -0.39 is 0 Å². The number of benzene rings is 1. The van der Waals surface area contributed by atoms with Crippen LogP contribution >= 0.6 is 0 Å². The number of aromatic nitrogens is 3. The summed E-state index contributed by atoms with van der Waals surface area (Å²) >= 11 is 0. The number of hydrogen-bond acceptors (Lipinski definition) is 5. The number of anilines is 1. The molecule has 2 atom stereocenters. The van der Waals surface area contributed by atoms with Gasteiger partial charge in [-0.25, -0.2) is 0 Å². The molecule has 2 unspecified atom stereocenters. The average Bonchev–Trinajstić information content (AvgIpc) is 3.47. The van der Waals surface area contributed by atoms with Crippen LogP contribution in [0.4, 0.5) is 5.69 Å². The Hall–Kier alpha value is -3.52. The van der Waals surface area contributed by atoms with Gasteiger partial charge in [0.05, 0.1) is 0 Å². The van der Waals surface area contributed by atoms with E-state index in [0.29, 0.717) is 38.5 Å². The minimum absolute atomic E-state index is 0.0362. The van der Waals surface area contributed by atoms with Crippen molar-refractivity contribution in [2.75, 3.05) is 18.0 Å². The third-order valence-corrected chi connectivity index (χ3v) is 7.87. The van der Waals surface area contributed by atoms with E-state index in [1.807, 2.05) is 58.1 Å². The number of fused-ring (bicyclic) bond motifs is 3. The standard InChI is InChI=1S/C29H36N6O2/c1-22(36)34-17-14-26-9-10-27(35(26)19-23-6-5-15-30-18-23)21-33(20-24-7-3-4-8-28(24)34)29(37)12-11-25-13-16-31-32(25)2/h3-8,13,15-16,18,26-27H,9-12,14,17,19-21H2,1-2H3. The molecule has 5 rings (SSSR count). The van der Waals surface area contributed by atoms with E-state index in [4.69, 9.17) is 0 Å². The second kappa shape index (κ2) is 11.3. The Kier molecular flexibility index (Phi) is 7.65. The Bertz CT molecular complexity index is 1230. The first kappa shape index (κ1) is 25.1. The van der Waals surface area contributed by atoms with E-state index in [1.165, 1.54) is 5.56 Å². The Morgan fingerprint density at radius 3 is 2.59 bits per heavy atom. The fourth-order valence-corrected chi connectivity index (χ4v) is 5.87. The Morgan fingerprint density at radius 2 is 1.84 bits per heavy atom. The molecule has 0 radical (unpaired) electrons. The molecule has 2 aromatic heterocycles. The van der Waals surface area contributed by atoms with E-state index in [9.17, 15) is 9.59 Å². The molecule has 4 heterocycles. The van der Waals surface area contributed by atoms with Gasteiger partial charge < -0.3 is 9.80 Å². The largest absolute Gasteiger partial charge is 0.337 e. The number of pyridine rings is 1. The van der Waals surface area contributed by atoms with Gasteiger partial charge in [-0.15, -0.1) is 0 Å². The predicted octanol–water partition coefficient (Wildman–Crippen LogP) is 3.57. The molecule has 0 aliphatic carbocycles. The fraction of sp³-hybridized carbons (Fsp3) is 0.448. The van der Waals surface area contributed by atoms with Gasteiger partial charge >= 0.3 is 0 Å². The zero-order chi connectivity index (χ0) is 25.8. The highest BCUT2D eigenvalue weighted by Gasteiger charge is 2.36. The maximum Gasteiger partial charge on any atom is 0.223 e. The van der Waals surface area contributed by atoms with Gasteiger partial charge in [0.25, 0.3) is 0 Å². The second-order valence-corrected chi connectivity index (χ2v) is 10.2. The van der Waals surface area contributed by atoms with Crippen LogP contribution in [-0.4, -0.2) is 61.6 Å². The molecule has 2 aliphatic rings. The van der Waals surface area contributed by atoms with Crippen LogP contribution in [0.15, 0.2) is 61.1 Å². The van der Waals surface area contributed by atoms with E-state index in [1.54, 1.807) is 19.3 Å². The predicted molar refractivity (Wildman–Crippen MR) is 143 cm³/mol. The lowest BCUT2D eigenvalue weighted by molar-refractivity contribution is -0.132. The summed E-state index contributed by atoms with van der Waals surface area (Å²) in [5, 5.41) is 4.25. The van der Waals surface area contributed by atoms with Crippen molar-refractivity contribution in [1.82, 2.24) is 24.6 Å². The van der Waals surface area contributed by atoms with Crippen LogP contribution in [0, 0.1) is 0 Å². The van der Waals surface area contributed by atoms with Crippen LogP contribution in [0.3, 0.4) is 0 Å². The van der Waals surface area contributed by atoms with Crippen molar-refractivity contribution in [3.05, 3.63) is 77.9 Å². The molecule has 0 spiro atoms. The third-order valence-electron chi connectivity index (χ3n) is 7.87. The summed E-state index contributed by atoms with van der Waals surface area (Å²) < 4.78 is 1.83. The molecule has 3 aromatic rings. The van der Waals surface area contributed by atoms with Crippen LogP contribution in [0.2, 0.25) is 0 Å². The minimum Gasteiger partial charge on any atom is -0.337 e. The summed E-state index contributed by atoms with van der Waals surface area (Å²) in [5.74, 6) is 0.170. The van der Waals surface area contributed by atoms with Gasteiger partial charge in [-0.2, -0.15) is 5.10 Å². The van der Waals surface area contributed by atoms with Gasteiger partial charge in [-0.3, -0.25) is 24.2 Å². The quantitative estimate of drug-likeness (QED) is 0.536. The smallest absolute Gasteiger partial charge is 0.223 e. The number of nitrogens with zero attached hydrogens (tertiary/aromatic N) is 6. The van der Waals surface area contributed by atoms with Gasteiger partial charge in [0.2, 0.25) is 11.8 Å². The van der Waals surface area contributed by atoms with Gasteiger partial charge in [-0.05, 0) is 55.0 Å². The molecular formula is C29H36N6O2. The van der Waals surface area contributed by atoms with Gasteiger partial charge in [0.15, 0.2) is 0 Å². The Balaban J connectivity index is 1.46. The maximum atomic E-state index is 13.7. The van der Waals surface area contributed by atoms with Crippen molar-refractivity contribution in [2.24, 2.45) is 7.05 Å². The van der Waals surface area contributed by atoms with E-state index in [-0.39, 0.29) is 17.9 Å². The van der Waals surface area contributed by atoms with Crippen LogP contribution in [0.1, 0.15) is 49.4 Å². The highest BCUT2D eigenvalue weighted by Crippen LogP contribution is 2.32. The van der Waals surface area contributed by atoms with E-state index >= 15 is 0 Å². The highest BCUT2D eigenvalue weighted by molar-refractivity contribution is 5.92. The number of carbonyl (C=O) groups is 2. The molecule has 2 amide bonds. The minimum atomic E-state index is 0.0362. The van der Waals surface area contributed by atoms with Crippen LogP contribution < -0.4 is 4.90 Å². The molecule has 2 aliphatic heterocycles. The summed E-state index contributed by atoms with van der Waals surface area (Å²) in [7, 11) is 1.91. The summed E-state index contributed by atoms with van der Waals surface area (Å²) in [6.45, 7) is 4.27. The van der Waals surface area contributed by atoms with E-state index in [0.717, 1.165) is 42.8 Å². The third kappa shape index (κ3) is 5.74. The normalized spacial score (nSPS) is 20.4. The number of para-hydroxylation sites is 1. The summed E-state index contributed by atoms with van der Waals surface area (Å²) in [6.07, 6.45) is 9.59. The number of rotatable bonds is 5. The summed E-state index contributed by atoms with van der Waals surface area (Å²) in [5.41, 5.74) is 4.16. The summed E-state index contributed by atoms with van der Waals surface area (Å²) in [6, 6.07) is 14.7. The van der Waals surface area contributed by atoms with Crippen molar-refractivity contribution < 1.29 is 9.59 Å². The molecular weight excluding hydrogens is 464 g/mol. The van der Waals surface area contributed by atoms with Crippen molar-refractivity contribution in [1.29, 1.82) is 0 Å². The van der Waals surface area contributed by atoms with Crippen LogP contribution in [0.25, 0.3) is 0 Å². The number of hydrogen-bond donors (Lipinski definition) is 0. The number of carbonyl (C=O) groups excluding carboxylic acids is 2. The number of aryl methyl sites for hydroxylation is 2. The van der Waals surface area contributed by atoms with Gasteiger partial charge in [0, 0.05) is 88.6 Å². The van der Waals surface area contributed by atoms with Crippen LogP contribution in [-0.2, 0) is 36.1 Å². The SMILES string of the molecule is CC(=O)N1CCC2CCC(CN(C(=O)CCc3ccnn3C)Cc3ccccc31)N2Cc1cccnc1. The summed E-state index contributed by atoms with van der Waals surface area (Å²) in [4.78, 5) is 37.3. The van der Waals surface area contributed by atoms with Gasteiger partial charge in [0.1, 0.15) is 0 Å². The first-order valence-electron chi connectivity index (χ1n) is 13.2. The zero-order valence-corrected chi connectivity index (χ0v) is 21.8. The van der Waals surface area contributed by atoms with Crippen molar-refractivity contribution in [3.63, 3.8) is 0 Å². The monoisotopic (exact) mass is 500 g/mol. The molecule has 194 valence electrons. The molecule has 1 saturated heterocycles. The topological polar surface area (TPSA) is 74.6 Å². The molecule has 1 fully saturated rings. The Labute approximate surface area is 218 Å². The lowest BCUT2D eigenvalue weighted by Gasteiger charge is -2.34. The van der Waals surface area contributed by atoms with Crippen molar-refractivity contribution in [3.8, 4) is 0 Å². The molecule has 2 bridgehead atoms. The van der Waals surface area contributed by atoms with Crippen LogP contribution in [0.5, 0.6) is 0 Å². The first-order chi connectivity index (χ1) is 18.0. The second-order valence-electron chi connectivity index (χ2n) is 10.2. The molecule has 8 heteroatoms. The molecule has 8 nitrogen and oxygen atoms in total. The first-order valence-corrected chi connectivity index (χ1v) is 13.2. The average molecular weight is 501 g/mol. The van der Waals surface area contributed by atoms with E-state index in [2.05, 4.69) is 27.1 Å². The number of amides is 2. The lowest BCUT2D eigenvalue weighted by atomic mass is 10.1.